The molecule has 0 N–H and O–H groups in total. The van der Waals surface area contributed by atoms with Crippen molar-refractivity contribution in [2.75, 3.05) is 33.9 Å². The smallest absolute Gasteiger partial charge is 0.306 e. The molecule has 54 heavy (non-hydrogen) atoms. The van der Waals surface area contributed by atoms with Crippen molar-refractivity contribution in [1.29, 1.82) is 0 Å². The van der Waals surface area contributed by atoms with Gasteiger partial charge in [-0.1, -0.05) is 143 Å². The number of hydrogen-bond acceptors (Lipinski definition) is 7. The lowest BCUT2D eigenvalue weighted by Gasteiger charge is -2.36. The highest BCUT2D eigenvalue weighted by Crippen LogP contribution is 2.37. The molecule has 0 fully saturated rings. The number of hydrogen-bond donors (Lipinski definition) is 0. The van der Waals surface area contributed by atoms with E-state index in [0.717, 1.165) is 113 Å². The van der Waals surface area contributed by atoms with Crippen LogP contribution in [-0.2, 0) is 19.0 Å². The van der Waals surface area contributed by atoms with E-state index in [1.165, 1.54) is 64.2 Å². The Bertz CT molecular complexity index is 938. The van der Waals surface area contributed by atoms with Gasteiger partial charge in [-0.15, -0.1) is 0 Å². The standard InChI is InChI=1S/C47H87NO4S2/c1-9-11-13-15-17-25-31-37-50-44(53)35-29-23-19-21-27-33-42(52-43(49)39-46(3,4)40-47(5,6)41-48(7)8)34-28-22-20-24-30-36-45(54)51-38-32-26-18-16-14-12-10-2/h25-26,31-32,42H,9-24,27-30,33-41H2,1-8H3/b31-25-,32-26-. The SMILES string of the molecule is CCCCCC/C=C\COC(=S)CCCCCCCC(CCCCCCCC(=S)OC/C=C\CCCCCC)OC(=O)CC(C)(C)CC(C)(C)CN(C)C. The largest absolute Gasteiger partial charge is 0.483 e. The van der Waals surface area contributed by atoms with E-state index in [1.807, 2.05) is 0 Å². The van der Waals surface area contributed by atoms with Crippen molar-refractivity contribution < 1.29 is 19.0 Å². The van der Waals surface area contributed by atoms with Crippen molar-refractivity contribution in [1.82, 2.24) is 4.90 Å². The van der Waals surface area contributed by atoms with E-state index >= 15 is 0 Å². The molecule has 0 radical (unpaired) electrons. The summed E-state index contributed by atoms with van der Waals surface area (Å²) in [6, 6.07) is 0. The molecular weight excluding hydrogens is 707 g/mol. The van der Waals surface area contributed by atoms with Gasteiger partial charge in [0.1, 0.15) is 19.3 Å². The number of esters is 1. The molecule has 316 valence electrons. The second kappa shape index (κ2) is 34.9. The lowest BCUT2D eigenvalue weighted by Crippen LogP contribution is -2.34. The van der Waals surface area contributed by atoms with E-state index in [2.05, 4.69) is 84.8 Å². The molecular formula is C47H87NO4S2. The maximum absolute atomic E-state index is 13.3. The Morgan fingerprint density at radius 2 is 1.02 bits per heavy atom. The molecule has 0 aliphatic heterocycles. The van der Waals surface area contributed by atoms with Gasteiger partial charge in [-0.25, -0.2) is 0 Å². The molecule has 0 atom stereocenters. The predicted molar refractivity (Wildman–Crippen MR) is 243 cm³/mol. The number of carbonyl (C=O) groups is 1. The zero-order valence-corrected chi connectivity index (χ0v) is 38.4. The molecule has 7 heteroatoms. The monoisotopic (exact) mass is 794 g/mol. The summed E-state index contributed by atoms with van der Waals surface area (Å²) in [6.07, 6.45) is 37.6. The molecule has 0 amide bonds. The molecule has 0 heterocycles. The fourth-order valence-electron chi connectivity index (χ4n) is 7.67. The van der Waals surface area contributed by atoms with Crippen molar-refractivity contribution in [3.63, 3.8) is 0 Å². The Hall–Kier alpha value is -1.31. The van der Waals surface area contributed by atoms with Gasteiger partial charge in [0.05, 0.1) is 6.42 Å². The average molecular weight is 794 g/mol. The number of rotatable bonds is 37. The summed E-state index contributed by atoms with van der Waals surface area (Å²) >= 11 is 10.9. The zero-order valence-electron chi connectivity index (χ0n) is 36.8. The summed E-state index contributed by atoms with van der Waals surface area (Å²) in [5.41, 5.74) is 0.0262. The molecule has 5 nitrogen and oxygen atoms in total. The first-order chi connectivity index (χ1) is 25.8. The van der Waals surface area contributed by atoms with Crippen LogP contribution in [0.5, 0.6) is 0 Å². The van der Waals surface area contributed by atoms with Crippen molar-refractivity contribution >= 4 is 40.5 Å². The van der Waals surface area contributed by atoms with Crippen LogP contribution >= 0.6 is 24.4 Å². The molecule has 0 unspecified atom stereocenters. The Morgan fingerprint density at radius 1 is 0.593 bits per heavy atom. The van der Waals surface area contributed by atoms with Crippen LogP contribution in [0, 0.1) is 10.8 Å². The van der Waals surface area contributed by atoms with Gasteiger partial charge in [-0.05, 0) is 120 Å². The molecule has 0 aromatic carbocycles. The van der Waals surface area contributed by atoms with Crippen molar-refractivity contribution in [2.24, 2.45) is 10.8 Å². The molecule has 0 saturated carbocycles. The lowest BCUT2D eigenvalue weighted by molar-refractivity contribution is -0.152. The first kappa shape index (κ1) is 52.7. The van der Waals surface area contributed by atoms with E-state index in [0.29, 0.717) is 19.6 Å². The minimum atomic E-state index is -0.106. The topological polar surface area (TPSA) is 48.0 Å². The maximum atomic E-state index is 13.3. The molecule has 0 spiro atoms. The Balaban J connectivity index is 4.57. The number of ether oxygens (including phenoxy) is 3. The summed E-state index contributed by atoms with van der Waals surface area (Å²) in [5.74, 6) is -0.0367. The zero-order chi connectivity index (χ0) is 40.3. The van der Waals surface area contributed by atoms with Crippen LogP contribution in [0.3, 0.4) is 0 Å². The van der Waals surface area contributed by atoms with Gasteiger partial charge in [-0.3, -0.25) is 4.79 Å². The van der Waals surface area contributed by atoms with Gasteiger partial charge in [0.2, 0.25) is 0 Å². The van der Waals surface area contributed by atoms with Gasteiger partial charge >= 0.3 is 5.97 Å². The van der Waals surface area contributed by atoms with Crippen LogP contribution in [-0.4, -0.2) is 60.9 Å². The number of nitrogens with zero attached hydrogens (tertiary/aromatic N) is 1. The highest BCUT2D eigenvalue weighted by atomic mass is 32.1. The maximum Gasteiger partial charge on any atom is 0.306 e. The van der Waals surface area contributed by atoms with E-state index in [9.17, 15) is 4.79 Å². The quantitative estimate of drug-likeness (QED) is 0.0269. The van der Waals surface area contributed by atoms with E-state index < -0.39 is 0 Å². The van der Waals surface area contributed by atoms with Crippen LogP contribution in [0.2, 0.25) is 0 Å². The van der Waals surface area contributed by atoms with Crippen molar-refractivity contribution in [2.45, 2.75) is 215 Å². The van der Waals surface area contributed by atoms with Crippen LogP contribution in [0.15, 0.2) is 24.3 Å². The van der Waals surface area contributed by atoms with E-state index in [-0.39, 0.29) is 22.9 Å². The summed E-state index contributed by atoms with van der Waals surface area (Å²) in [4.78, 5) is 15.5. The third kappa shape index (κ3) is 36.3. The normalized spacial score (nSPS) is 12.4. The van der Waals surface area contributed by atoms with Gasteiger partial charge in [0.15, 0.2) is 10.1 Å². The predicted octanol–water partition coefficient (Wildman–Crippen LogP) is 14.5. The Kier molecular flexibility index (Phi) is 34.1. The molecule has 0 aliphatic rings. The minimum Gasteiger partial charge on any atom is -0.483 e. The Morgan fingerprint density at radius 3 is 1.46 bits per heavy atom. The van der Waals surface area contributed by atoms with Gasteiger partial charge < -0.3 is 19.1 Å². The number of unbranched alkanes of at least 4 members (excludes halogenated alkanes) is 16. The van der Waals surface area contributed by atoms with E-state index in [1.54, 1.807) is 0 Å². The third-order valence-electron chi connectivity index (χ3n) is 9.90. The average Bonchev–Trinajstić information content (AvgIpc) is 3.08. The van der Waals surface area contributed by atoms with Gasteiger partial charge in [0, 0.05) is 19.4 Å². The fraction of sp³-hybridized carbons (Fsp3) is 0.851. The summed E-state index contributed by atoms with van der Waals surface area (Å²) in [6.45, 7) is 15.7. The number of carbonyl (C=O) groups excluding carboxylic acids is 1. The first-order valence-corrected chi connectivity index (χ1v) is 23.1. The van der Waals surface area contributed by atoms with Gasteiger partial charge in [-0.2, -0.15) is 0 Å². The molecule has 0 aromatic heterocycles. The highest BCUT2D eigenvalue weighted by Gasteiger charge is 2.32. The van der Waals surface area contributed by atoms with Crippen LogP contribution in [0.1, 0.15) is 208 Å². The van der Waals surface area contributed by atoms with Crippen LogP contribution < -0.4 is 0 Å². The van der Waals surface area contributed by atoms with Gasteiger partial charge in [0.25, 0.3) is 0 Å². The third-order valence-corrected chi connectivity index (χ3v) is 10.5. The second-order valence-corrected chi connectivity index (χ2v) is 18.6. The highest BCUT2D eigenvalue weighted by molar-refractivity contribution is 7.80. The molecule has 0 bridgehead atoms. The number of allylic oxidation sites excluding steroid dienone is 2. The molecule has 0 saturated heterocycles. The molecule has 0 rings (SSSR count). The number of thiocarbonyl (C=S) groups is 2. The summed E-state index contributed by atoms with van der Waals surface area (Å²) in [7, 11) is 4.24. The van der Waals surface area contributed by atoms with Crippen LogP contribution in [0.4, 0.5) is 0 Å². The molecule has 0 aromatic rings. The second-order valence-electron chi connectivity index (χ2n) is 17.7. The van der Waals surface area contributed by atoms with Crippen LogP contribution in [0.25, 0.3) is 0 Å². The minimum absolute atomic E-state index is 0.00411. The van der Waals surface area contributed by atoms with Crippen molar-refractivity contribution in [3.05, 3.63) is 24.3 Å². The molecule has 0 aliphatic carbocycles. The summed E-state index contributed by atoms with van der Waals surface area (Å²) in [5, 5.41) is 1.47. The lowest BCUT2D eigenvalue weighted by atomic mass is 9.73. The summed E-state index contributed by atoms with van der Waals surface area (Å²) < 4.78 is 17.7. The Labute approximate surface area is 346 Å². The van der Waals surface area contributed by atoms with E-state index in [4.69, 9.17) is 38.6 Å². The first-order valence-electron chi connectivity index (χ1n) is 22.3. The fourth-order valence-corrected chi connectivity index (χ4v) is 8.09. The van der Waals surface area contributed by atoms with Crippen molar-refractivity contribution in [3.8, 4) is 0 Å².